The lowest BCUT2D eigenvalue weighted by atomic mass is 9.49. The van der Waals surface area contributed by atoms with Crippen molar-refractivity contribution in [3.8, 4) is 0 Å². The molecule has 0 heterocycles. The molecule has 0 spiro atoms. The zero-order valence-corrected chi connectivity index (χ0v) is 15.1. The number of para-hydroxylation sites is 1. The number of halogens is 1. The Bertz CT molecular complexity index is 653. The van der Waals surface area contributed by atoms with Gasteiger partial charge in [0, 0.05) is 18.4 Å². The lowest BCUT2D eigenvalue weighted by molar-refractivity contribution is -0.146. The summed E-state index contributed by atoms with van der Waals surface area (Å²) in [6, 6.07) is 7.17. The van der Waals surface area contributed by atoms with Crippen LogP contribution in [0.2, 0.25) is 5.02 Å². The maximum Gasteiger partial charge on any atom is 0.226 e. The molecule has 134 valence electrons. The van der Waals surface area contributed by atoms with Crippen LogP contribution in [0.3, 0.4) is 0 Å². The summed E-state index contributed by atoms with van der Waals surface area (Å²) in [6.45, 7) is 0.386. The zero-order valence-electron chi connectivity index (χ0n) is 14.4. The van der Waals surface area contributed by atoms with Crippen molar-refractivity contribution in [2.75, 3.05) is 11.9 Å². The summed E-state index contributed by atoms with van der Waals surface area (Å²) in [5, 5.41) is 6.36. The van der Waals surface area contributed by atoms with E-state index in [4.69, 9.17) is 11.6 Å². The van der Waals surface area contributed by atoms with Gasteiger partial charge >= 0.3 is 0 Å². The third-order valence-corrected chi connectivity index (χ3v) is 6.64. The highest BCUT2D eigenvalue weighted by Crippen LogP contribution is 2.60. The fraction of sp³-hybridized carbons (Fsp3) is 0.600. The molecule has 0 saturated heterocycles. The minimum absolute atomic E-state index is 0.126. The van der Waals surface area contributed by atoms with Crippen molar-refractivity contribution in [2.24, 2.45) is 23.2 Å². The van der Waals surface area contributed by atoms with Gasteiger partial charge in [-0.05, 0) is 68.4 Å². The van der Waals surface area contributed by atoms with Crippen LogP contribution in [0.15, 0.2) is 24.3 Å². The molecule has 0 aliphatic heterocycles. The van der Waals surface area contributed by atoms with Gasteiger partial charge in [-0.3, -0.25) is 9.59 Å². The highest BCUT2D eigenvalue weighted by Gasteiger charge is 2.54. The van der Waals surface area contributed by atoms with Gasteiger partial charge in [-0.1, -0.05) is 23.7 Å². The minimum Gasteiger partial charge on any atom is -0.355 e. The summed E-state index contributed by atoms with van der Waals surface area (Å²) in [5.74, 6) is 2.30. The molecule has 4 saturated carbocycles. The average Bonchev–Trinajstić information content (AvgIpc) is 2.55. The molecule has 1 aromatic carbocycles. The molecule has 2 amide bonds. The summed E-state index contributed by atoms with van der Waals surface area (Å²) in [6.07, 6.45) is 7.40. The van der Waals surface area contributed by atoms with Crippen LogP contribution >= 0.6 is 11.6 Å². The Morgan fingerprint density at radius 3 is 2.24 bits per heavy atom. The number of hydrogen-bond acceptors (Lipinski definition) is 2. The van der Waals surface area contributed by atoms with Crippen molar-refractivity contribution in [3.63, 3.8) is 0 Å². The van der Waals surface area contributed by atoms with Crippen LogP contribution in [0.1, 0.15) is 44.9 Å². The van der Waals surface area contributed by atoms with Gasteiger partial charge in [-0.15, -0.1) is 0 Å². The Hall–Kier alpha value is -1.55. The summed E-state index contributed by atoms with van der Waals surface area (Å²) in [7, 11) is 0. The van der Waals surface area contributed by atoms with Crippen LogP contribution in [-0.2, 0) is 9.59 Å². The van der Waals surface area contributed by atoms with Crippen molar-refractivity contribution in [1.29, 1.82) is 0 Å². The number of rotatable bonds is 5. The molecule has 5 rings (SSSR count). The highest BCUT2D eigenvalue weighted by atomic mass is 35.5. The zero-order chi connectivity index (χ0) is 17.4. The summed E-state index contributed by atoms with van der Waals surface area (Å²) in [4.78, 5) is 24.9. The van der Waals surface area contributed by atoms with Gasteiger partial charge in [-0.25, -0.2) is 0 Å². The quantitative estimate of drug-likeness (QED) is 0.833. The fourth-order valence-corrected chi connectivity index (χ4v) is 5.82. The molecule has 0 aromatic heterocycles. The van der Waals surface area contributed by atoms with Crippen molar-refractivity contribution in [1.82, 2.24) is 5.32 Å². The molecule has 25 heavy (non-hydrogen) atoms. The van der Waals surface area contributed by atoms with Crippen molar-refractivity contribution >= 4 is 29.1 Å². The molecule has 2 N–H and O–H groups in total. The molecule has 4 aliphatic rings. The SMILES string of the molecule is O=C(CCNC(=O)C12CC3CC(CC(C3)C1)C2)Nc1ccccc1Cl. The monoisotopic (exact) mass is 360 g/mol. The van der Waals surface area contributed by atoms with Gasteiger partial charge in [0.2, 0.25) is 11.8 Å². The van der Waals surface area contributed by atoms with E-state index in [1.807, 2.05) is 12.1 Å². The van der Waals surface area contributed by atoms with Gasteiger partial charge in [0.05, 0.1) is 10.7 Å². The van der Waals surface area contributed by atoms with E-state index in [2.05, 4.69) is 10.6 Å². The number of carbonyl (C=O) groups excluding carboxylic acids is 2. The van der Waals surface area contributed by atoms with Crippen LogP contribution in [0.25, 0.3) is 0 Å². The Balaban J connectivity index is 1.28. The first kappa shape index (κ1) is 16.9. The predicted molar refractivity (Wildman–Crippen MR) is 98.3 cm³/mol. The van der Waals surface area contributed by atoms with E-state index in [0.29, 0.717) is 17.3 Å². The van der Waals surface area contributed by atoms with E-state index in [9.17, 15) is 9.59 Å². The lowest BCUT2D eigenvalue weighted by Crippen LogP contribution is -2.53. The first-order valence-electron chi connectivity index (χ1n) is 9.37. The highest BCUT2D eigenvalue weighted by molar-refractivity contribution is 6.33. The predicted octanol–water partition coefficient (Wildman–Crippen LogP) is 4.00. The van der Waals surface area contributed by atoms with E-state index in [-0.39, 0.29) is 23.7 Å². The topological polar surface area (TPSA) is 58.2 Å². The molecule has 0 radical (unpaired) electrons. The van der Waals surface area contributed by atoms with Crippen molar-refractivity contribution in [2.45, 2.75) is 44.9 Å². The minimum atomic E-state index is -0.145. The molecular formula is C20H25ClN2O2. The van der Waals surface area contributed by atoms with E-state index >= 15 is 0 Å². The fourth-order valence-electron chi connectivity index (χ4n) is 5.64. The molecule has 4 bridgehead atoms. The molecular weight excluding hydrogens is 336 g/mol. The smallest absolute Gasteiger partial charge is 0.226 e. The van der Waals surface area contributed by atoms with Gasteiger partial charge in [-0.2, -0.15) is 0 Å². The molecule has 0 unspecified atom stereocenters. The Labute approximate surface area is 153 Å². The van der Waals surface area contributed by atoms with E-state index in [1.54, 1.807) is 12.1 Å². The van der Waals surface area contributed by atoms with Crippen LogP contribution in [-0.4, -0.2) is 18.4 Å². The number of amides is 2. The van der Waals surface area contributed by atoms with Gasteiger partial charge in [0.1, 0.15) is 0 Å². The molecule has 1 aromatic rings. The number of nitrogens with one attached hydrogen (secondary N) is 2. The second-order valence-electron chi connectivity index (χ2n) is 8.23. The normalized spacial score (nSPS) is 32.4. The molecule has 4 fully saturated rings. The maximum atomic E-state index is 12.8. The van der Waals surface area contributed by atoms with Crippen LogP contribution in [0.4, 0.5) is 5.69 Å². The van der Waals surface area contributed by atoms with Gasteiger partial charge < -0.3 is 10.6 Å². The number of benzene rings is 1. The largest absolute Gasteiger partial charge is 0.355 e. The van der Waals surface area contributed by atoms with Gasteiger partial charge in [0.15, 0.2) is 0 Å². The van der Waals surface area contributed by atoms with Crippen LogP contribution in [0.5, 0.6) is 0 Å². The molecule has 4 aliphatic carbocycles. The summed E-state index contributed by atoms with van der Waals surface area (Å²) in [5.41, 5.74) is 0.468. The third kappa shape index (κ3) is 3.41. The van der Waals surface area contributed by atoms with Crippen LogP contribution < -0.4 is 10.6 Å². The molecule has 5 heteroatoms. The maximum absolute atomic E-state index is 12.8. The Morgan fingerprint density at radius 2 is 1.64 bits per heavy atom. The standard InChI is InChI=1S/C20H25ClN2O2/c21-16-3-1-2-4-17(16)23-18(24)5-6-22-19(25)20-10-13-7-14(11-20)9-15(8-13)12-20/h1-4,13-15H,5-12H2,(H,22,25)(H,23,24). The molecule has 4 nitrogen and oxygen atoms in total. The lowest BCUT2D eigenvalue weighted by Gasteiger charge is -2.55. The molecule has 0 atom stereocenters. The van der Waals surface area contributed by atoms with Crippen LogP contribution in [0, 0.1) is 23.2 Å². The van der Waals surface area contributed by atoms with E-state index in [1.165, 1.54) is 19.3 Å². The van der Waals surface area contributed by atoms with Crippen molar-refractivity contribution in [3.05, 3.63) is 29.3 Å². The van der Waals surface area contributed by atoms with Gasteiger partial charge in [0.25, 0.3) is 0 Å². The second-order valence-corrected chi connectivity index (χ2v) is 8.64. The second kappa shape index (κ2) is 6.64. The summed E-state index contributed by atoms with van der Waals surface area (Å²) < 4.78 is 0. The van der Waals surface area contributed by atoms with Crippen molar-refractivity contribution < 1.29 is 9.59 Å². The number of carbonyl (C=O) groups is 2. The first-order valence-corrected chi connectivity index (χ1v) is 9.74. The Morgan fingerprint density at radius 1 is 1.04 bits per heavy atom. The number of anilines is 1. The summed E-state index contributed by atoms with van der Waals surface area (Å²) >= 11 is 6.04. The Kier molecular flexibility index (Phi) is 4.48. The van der Waals surface area contributed by atoms with E-state index in [0.717, 1.165) is 37.0 Å². The van der Waals surface area contributed by atoms with E-state index < -0.39 is 0 Å². The number of hydrogen-bond donors (Lipinski definition) is 2. The third-order valence-electron chi connectivity index (χ3n) is 6.31. The average molecular weight is 361 g/mol. The first-order chi connectivity index (χ1) is 12.0.